The molecule has 1 aromatic heterocycles. The normalized spacial score (nSPS) is 14.2. The Morgan fingerprint density at radius 2 is 1.63 bits per heavy atom. The van der Waals surface area contributed by atoms with Gasteiger partial charge in [0.15, 0.2) is 0 Å². The fourth-order valence-corrected chi connectivity index (χ4v) is 4.32. The minimum atomic E-state index is -1.27. The molecule has 1 heterocycles. The van der Waals surface area contributed by atoms with E-state index in [2.05, 4.69) is 33.6 Å². The summed E-state index contributed by atoms with van der Waals surface area (Å²) in [4.78, 5) is 65.1. The molecule has 2 rings (SSSR count). The second-order valence-electron chi connectivity index (χ2n) is 8.66. The summed E-state index contributed by atoms with van der Waals surface area (Å²) in [5, 5.41) is 17.9. The SMILES string of the molecule is CSCCC(NC(=O)C(CCC(N)=O)NC(=O)C(Cc1c[nH]c2ccccc12)NC(=O)C(N)CS)C(=O)O. The number of fused-ring (bicyclic) bond motifs is 1. The number of aromatic amines is 1. The lowest BCUT2D eigenvalue weighted by Crippen LogP contribution is -2.58. The first-order chi connectivity index (χ1) is 18.1. The van der Waals surface area contributed by atoms with E-state index in [-0.39, 0.29) is 31.4 Å². The Hall–Kier alpha value is -3.23. The van der Waals surface area contributed by atoms with E-state index in [0.717, 1.165) is 16.5 Å². The molecule has 0 bridgehead atoms. The van der Waals surface area contributed by atoms with Crippen LogP contribution in [0.5, 0.6) is 0 Å². The number of thiol groups is 1. The fraction of sp³-hybridized carbons (Fsp3) is 0.458. The first-order valence-electron chi connectivity index (χ1n) is 11.9. The number of carboxylic acid groups (broad SMARTS) is 1. The third kappa shape index (κ3) is 9.26. The van der Waals surface area contributed by atoms with Crippen molar-refractivity contribution in [2.45, 2.75) is 49.9 Å². The molecule has 0 fully saturated rings. The number of nitrogens with two attached hydrogens (primary N) is 2. The zero-order valence-electron chi connectivity index (χ0n) is 20.9. The summed E-state index contributed by atoms with van der Waals surface area (Å²) in [5.41, 5.74) is 12.6. The quantitative estimate of drug-likeness (QED) is 0.124. The molecule has 0 saturated heterocycles. The molecular weight excluding hydrogens is 532 g/mol. The van der Waals surface area contributed by atoms with Gasteiger partial charge in [-0.1, -0.05) is 18.2 Å². The molecular formula is C24H34N6O6S2. The summed E-state index contributed by atoms with van der Waals surface area (Å²) in [6.07, 6.45) is 3.36. The van der Waals surface area contributed by atoms with Crippen LogP contribution in [0.25, 0.3) is 10.9 Å². The Morgan fingerprint density at radius 1 is 1.00 bits per heavy atom. The van der Waals surface area contributed by atoms with Crippen molar-refractivity contribution in [1.82, 2.24) is 20.9 Å². The van der Waals surface area contributed by atoms with Gasteiger partial charge < -0.3 is 37.5 Å². The van der Waals surface area contributed by atoms with Crippen molar-refractivity contribution in [1.29, 1.82) is 0 Å². The van der Waals surface area contributed by atoms with Gasteiger partial charge in [0.25, 0.3) is 0 Å². The van der Waals surface area contributed by atoms with E-state index in [1.165, 1.54) is 11.8 Å². The maximum atomic E-state index is 13.4. The van der Waals surface area contributed by atoms with Crippen LogP contribution >= 0.6 is 24.4 Å². The second kappa shape index (κ2) is 15.2. The number of rotatable bonds is 16. The maximum absolute atomic E-state index is 13.4. The molecule has 0 radical (unpaired) electrons. The Morgan fingerprint density at radius 3 is 2.26 bits per heavy atom. The van der Waals surface area contributed by atoms with Gasteiger partial charge in [0.2, 0.25) is 23.6 Å². The maximum Gasteiger partial charge on any atom is 0.326 e. The van der Waals surface area contributed by atoms with Gasteiger partial charge in [0, 0.05) is 35.7 Å². The smallest absolute Gasteiger partial charge is 0.326 e. The van der Waals surface area contributed by atoms with E-state index in [4.69, 9.17) is 11.5 Å². The number of para-hydroxylation sites is 1. The molecule has 1 aromatic carbocycles. The van der Waals surface area contributed by atoms with Crippen LogP contribution in [-0.4, -0.2) is 81.6 Å². The largest absolute Gasteiger partial charge is 0.480 e. The highest BCUT2D eigenvalue weighted by atomic mass is 32.2. The molecule has 12 nitrogen and oxygen atoms in total. The Labute approximate surface area is 229 Å². The fourth-order valence-electron chi connectivity index (χ4n) is 3.68. The molecule has 0 aliphatic rings. The monoisotopic (exact) mass is 566 g/mol. The molecule has 4 amide bonds. The van der Waals surface area contributed by atoms with Crippen LogP contribution in [0.4, 0.5) is 0 Å². The number of nitrogens with one attached hydrogen (secondary N) is 4. The summed E-state index contributed by atoms with van der Waals surface area (Å²) < 4.78 is 0. The van der Waals surface area contributed by atoms with Gasteiger partial charge in [-0.15, -0.1) is 0 Å². The van der Waals surface area contributed by atoms with Crippen LogP contribution in [0.3, 0.4) is 0 Å². The highest BCUT2D eigenvalue weighted by Crippen LogP contribution is 2.19. The van der Waals surface area contributed by atoms with Gasteiger partial charge in [-0.2, -0.15) is 24.4 Å². The lowest BCUT2D eigenvalue weighted by molar-refractivity contribution is -0.142. The molecule has 208 valence electrons. The highest BCUT2D eigenvalue weighted by molar-refractivity contribution is 7.98. The van der Waals surface area contributed by atoms with Crippen LogP contribution in [0.2, 0.25) is 0 Å². The molecule has 9 N–H and O–H groups in total. The van der Waals surface area contributed by atoms with Gasteiger partial charge in [-0.3, -0.25) is 19.2 Å². The van der Waals surface area contributed by atoms with Crippen molar-refractivity contribution in [3.8, 4) is 0 Å². The predicted molar refractivity (Wildman–Crippen MR) is 149 cm³/mol. The minimum absolute atomic E-state index is 0.0452. The Kier molecular flexibility index (Phi) is 12.4. The molecule has 14 heteroatoms. The Balaban J connectivity index is 2.28. The van der Waals surface area contributed by atoms with Crippen molar-refractivity contribution in [2.75, 3.05) is 17.8 Å². The molecule has 4 unspecified atom stereocenters. The van der Waals surface area contributed by atoms with Gasteiger partial charge in [-0.05, 0) is 36.5 Å². The number of thioether (sulfide) groups is 1. The number of H-pyrrole nitrogens is 1. The lowest BCUT2D eigenvalue weighted by atomic mass is 10.0. The number of carbonyl (C=O) groups is 5. The van der Waals surface area contributed by atoms with E-state index >= 15 is 0 Å². The summed E-state index contributed by atoms with van der Waals surface area (Å²) >= 11 is 5.45. The van der Waals surface area contributed by atoms with Crippen molar-refractivity contribution in [3.63, 3.8) is 0 Å². The molecule has 0 saturated carbocycles. The summed E-state index contributed by atoms with van der Waals surface area (Å²) in [5.74, 6) is -3.49. The average molecular weight is 567 g/mol. The van der Waals surface area contributed by atoms with Gasteiger partial charge in [0.1, 0.15) is 18.1 Å². The van der Waals surface area contributed by atoms with Crippen LogP contribution < -0.4 is 27.4 Å². The number of hydrogen-bond acceptors (Lipinski definition) is 8. The molecule has 2 aromatic rings. The highest BCUT2D eigenvalue weighted by Gasteiger charge is 2.31. The van der Waals surface area contributed by atoms with E-state index in [0.29, 0.717) is 5.75 Å². The van der Waals surface area contributed by atoms with Crippen LogP contribution in [0, 0.1) is 0 Å². The van der Waals surface area contributed by atoms with Crippen molar-refractivity contribution >= 4 is 64.9 Å². The number of primary amides is 1. The zero-order chi connectivity index (χ0) is 28.2. The number of hydrogen-bond donors (Lipinski definition) is 8. The van der Waals surface area contributed by atoms with Crippen LogP contribution in [-0.2, 0) is 30.4 Å². The predicted octanol–water partition coefficient (Wildman–Crippen LogP) is -0.475. The lowest BCUT2D eigenvalue weighted by Gasteiger charge is -2.25. The van der Waals surface area contributed by atoms with Gasteiger partial charge in [0.05, 0.1) is 6.04 Å². The second-order valence-corrected chi connectivity index (χ2v) is 10.0. The standard InChI is InChI=1S/C24H34N6O6S2/c1-38-9-8-18(24(35)36)29-22(33)17(6-7-20(26)31)28-23(34)19(30-21(32)15(25)12-37)10-13-11-27-16-5-3-2-4-14(13)16/h2-5,11,15,17-19,27,37H,6-10,12,25H2,1H3,(H2,26,31)(H,28,34)(H,29,33)(H,30,32)(H,35,36). The third-order valence-electron chi connectivity index (χ3n) is 5.80. The van der Waals surface area contributed by atoms with Crippen LogP contribution in [0.1, 0.15) is 24.8 Å². The number of carbonyl (C=O) groups excluding carboxylic acids is 4. The van der Waals surface area contributed by atoms with Crippen molar-refractivity contribution < 1.29 is 29.1 Å². The van der Waals surface area contributed by atoms with E-state index in [9.17, 15) is 29.1 Å². The average Bonchev–Trinajstić information content (AvgIpc) is 3.30. The van der Waals surface area contributed by atoms with Gasteiger partial charge >= 0.3 is 5.97 Å². The first-order valence-corrected chi connectivity index (χ1v) is 13.9. The molecule has 0 aliphatic carbocycles. The third-order valence-corrected chi connectivity index (χ3v) is 6.84. The van der Waals surface area contributed by atoms with Gasteiger partial charge in [-0.25, -0.2) is 4.79 Å². The number of benzene rings is 1. The van der Waals surface area contributed by atoms with E-state index in [1.54, 1.807) is 12.5 Å². The first kappa shape index (κ1) is 31.0. The summed E-state index contributed by atoms with van der Waals surface area (Å²) in [6.45, 7) is 0. The molecule has 0 spiro atoms. The zero-order valence-corrected chi connectivity index (χ0v) is 22.6. The summed E-state index contributed by atoms with van der Waals surface area (Å²) in [7, 11) is 0. The number of aliphatic carboxylic acids is 1. The van der Waals surface area contributed by atoms with E-state index < -0.39 is 53.8 Å². The summed E-state index contributed by atoms with van der Waals surface area (Å²) in [6, 6.07) is 2.85. The van der Waals surface area contributed by atoms with Crippen LogP contribution in [0.15, 0.2) is 30.5 Å². The Bertz CT molecular complexity index is 1140. The molecule has 0 aliphatic heterocycles. The van der Waals surface area contributed by atoms with E-state index in [1.807, 2.05) is 24.3 Å². The van der Waals surface area contributed by atoms with Crippen molar-refractivity contribution in [2.24, 2.45) is 11.5 Å². The molecule has 38 heavy (non-hydrogen) atoms. The number of aromatic nitrogens is 1. The number of amides is 4. The minimum Gasteiger partial charge on any atom is -0.480 e. The topological polar surface area (TPSA) is 209 Å². The van der Waals surface area contributed by atoms with Crippen molar-refractivity contribution in [3.05, 3.63) is 36.0 Å². The molecule has 4 atom stereocenters. The number of carboxylic acids is 1.